The van der Waals surface area contributed by atoms with Crippen molar-refractivity contribution < 1.29 is 19.0 Å². The van der Waals surface area contributed by atoms with Crippen molar-refractivity contribution in [1.82, 2.24) is 4.90 Å². The van der Waals surface area contributed by atoms with Gasteiger partial charge in [-0.25, -0.2) is 4.79 Å². The molecule has 0 spiro atoms. The van der Waals surface area contributed by atoms with E-state index in [1.165, 1.54) is 0 Å². The van der Waals surface area contributed by atoms with Crippen LogP contribution in [0.4, 0.5) is 4.79 Å². The fourth-order valence-electron chi connectivity index (χ4n) is 2.40. The fraction of sp³-hybridized carbons (Fsp3) is 0.526. The molecule has 1 amide bonds. The molecule has 1 fully saturated rings. The van der Waals surface area contributed by atoms with Crippen LogP contribution in [0.2, 0.25) is 0 Å². The molecule has 1 atom stereocenters. The molecule has 0 saturated carbocycles. The van der Waals surface area contributed by atoms with E-state index in [-0.39, 0.29) is 12.1 Å². The van der Waals surface area contributed by atoms with E-state index in [9.17, 15) is 4.79 Å². The molecule has 5 heteroatoms. The summed E-state index contributed by atoms with van der Waals surface area (Å²) in [5, 5.41) is 0. The molecule has 1 aliphatic heterocycles. The van der Waals surface area contributed by atoms with Crippen molar-refractivity contribution in [1.29, 1.82) is 0 Å². The zero-order valence-electron chi connectivity index (χ0n) is 14.8. The summed E-state index contributed by atoms with van der Waals surface area (Å²) < 4.78 is 16.9. The normalized spacial score (nSPS) is 19.0. The van der Waals surface area contributed by atoms with E-state index in [1.807, 2.05) is 51.1 Å². The van der Waals surface area contributed by atoms with Gasteiger partial charge < -0.3 is 14.2 Å². The van der Waals surface area contributed by atoms with Crippen LogP contribution in [0, 0.1) is 0 Å². The second-order valence-corrected chi connectivity index (χ2v) is 7.03. The van der Waals surface area contributed by atoms with Gasteiger partial charge in [-0.1, -0.05) is 36.9 Å². The third-order valence-corrected chi connectivity index (χ3v) is 3.50. The summed E-state index contributed by atoms with van der Waals surface area (Å²) in [7, 11) is 0. The van der Waals surface area contributed by atoms with Gasteiger partial charge in [0.1, 0.15) is 5.60 Å². The molecule has 0 aromatic heterocycles. The van der Waals surface area contributed by atoms with Gasteiger partial charge in [-0.2, -0.15) is 0 Å². The Morgan fingerprint density at radius 1 is 1.33 bits per heavy atom. The number of amides is 1. The molecule has 0 radical (unpaired) electrons. The first-order valence-electron chi connectivity index (χ1n) is 8.21. The second kappa shape index (κ2) is 8.31. The number of carbonyl (C=O) groups excluding carboxylic acids is 1. The molecule has 2 rings (SSSR count). The van der Waals surface area contributed by atoms with Crippen molar-refractivity contribution in [2.45, 2.75) is 39.0 Å². The molecule has 1 unspecified atom stereocenters. The molecule has 0 aliphatic carbocycles. The average Bonchev–Trinajstić information content (AvgIpc) is 2.68. The summed E-state index contributed by atoms with van der Waals surface area (Å²) in [6, 6.07) is 9.75. The first-order chi connectivity index (χ1) is 11.3. The summed E-state index contributed by atoms with van der Waals surface area (Å²) in [4.78, 5) is 14.2. The van der Waals surface area contributed by atoms with Gasteiger partial charge in [-0.15, -0.1) is 0 Å². The van der Waals surface area contributed by atoms with Crippen molar-refractivity contribution in [2.75, 3.05) is 26.4 Å². The molecular weight excluding hydrogens is 306 g/mol. The first kappa shape index (κ1) is 18.5. The van der Waals surface area contributed by atoms with E-state index >= 15 is 0 Å². The van der Waals surface area contributed by atoms with Gasteiger partial charge in [-0.05, 0) is 31.9 Å². The van der Waals surface area contributed by atoms with Gasteiger partial charge in [0.25, 0.3) is 0 Å². The lowest BCUT2D eigenvalue weighted by Gasteiger charge is -2.31. The number of rotatable bonds is 4. The molecule has 0 bridgehead atoms. The van der Waals surface area contributed by atoms with E-state index in [0.717, 1.165) is 11.1 Å². The molecule has 1 aromatic rings. The molecule has 1 heterocycles. The minimum atomic E-state index is -0.541. The Labute approximate surface area is 144 Å². The lowest BCUT2D eigenvalue weighted by atomic mass is 10.2. The Balaban J connectivity index is 1.97. The highest BCUT2D eigenvalue weighted by Gasteiger charge is 2.31. The van der Waals surface area contributed by atoms with Crippen molar-refractivity contribution >= 4 is 6.09 Å². The Hall–Kier alpha value is -1.85. The van der Waals surface area contributed by atoms with Gasteiger partial charge in [0.05, 0.1) is 32.5 Å². The Morgan fingerprint density at radius 2 is 2.04 bits per heavy atom. The number of carbonyl (C=O) groups is 1. The number of hydrogen-bond acceptors (Lipinski definition) is 4. The third kappa shape index (κ3) is 5.98. The van der Waals surface area contributed by atoms with Crippen LogP contribution in [0.3, 0.4) is 0 Å². The smallest absolute Gasteiger partial charge is 0.410 e. The molecule has 1 aliphatic rings. The summed E-state index contributed by atoms with van der Waals surface area (Å²) in [5.41, 5.74) is 1.41. The standard InChI is InChI=1S/C19H27NO4/c1-15-10-20(18(21)24-19(2,3)4)17(13-22-11-15)14-23-12-16-8-6-5-7-9-16/h5-9,17H,1,10-14H2,2-4H3. The van der Waals surface area contributed by atoms with E-state index in [0.29, 0.717) is 33.0 Å². The summed E-state index contributed by atoms with van der Waals surface area (Å²) >= 11 is 0. The van der Waals surface area contributed by atoms with E-state index in [2.05, 4.69) is 6.58 Å². The Kier molecular flexibility index (Phi) is 6.40. The minimum absolute atomic E-state index is 0.192. The maximum absolute atomic E-state index is 12.5. The van der Waals surface area contributed by atoms with Gasteiger partial charge in [0.15, 0.2) is 0 Å². The molecule has 132 valence electrons. The Bertz CT molecular complexity index is 550. The highest BCUT2D eigenvalue weighted by atomic mass is 16.6. The first-order valence-corrected chi connectivity index (χ1v) is 8.21. The van der Waals surface area contributed by atoms with Gasteiger partial charge in [-0.3, -0.25) is 4.90 Å². The van der Waals surface area contributed by atoms with Crippen molar-refractivity contribution in [3.8, 4) is 0 Å². The molecule has 24 heavy (non-hydrogen) atoms. The molecule has 0 N–H and O–H groups in total. The molecule has 5 nitrogen and oxygen atoms in total. The largest absolute Gasteiger partial charge is 0.444 e. The second-order valence-electron chi connectivity index (χ2n) is 7.03. The van der Waals surface area contributed by atoms with Gasteiger partial charge in [0, 0.05) is 6.54 Å². The Morgan fingerprint density at radius 3 is 2.71 bits per heavy atom. The van der Waals surface area contributed by atoms with Gasteiger partial charge in [0.2, 0.25) is 0 Å². The summed E-state index contributed by atoms with van der Waals surface area (Å²) in [5.74, 6) is 0. The summed E-state index contributed by atoms with van der Waals surface area (Å²) in [6.07, 6.45) is -0.359. The van der Waals surface area contributed by atoms with Crippen LogP contribution in [0.1, 0.15) is 26.3 Å². The highest BCUT2D eigenvalue weighted by Crippen LogP contribution is 2.17. The topological polar surface area (TPSA) is 48.0 Å². The fourth-order valence-corrected chi connectivity index (χ4v) is 2.40. The molecule has 1 aromatic carbocycles. The summed E-state index contributed by atoms with van der Waals surface area (Å²) in [6.45, 7) is 11.7. The van der Waals surface area contributed by atoms with E-state index in [1.54, 1.807) is 4.90 Å². The van der Waals surface area contributed by atoms with Crippen LogP contribution < -0.4 is 0 Å². The minimum Gasteiger partial charge on any atom is -0.444 e. The average molecular weight is 333 g/mol. The van der Waals surface area contributed by atoms with E-state index < -0.39 is 5.60 Å². The van der Waals surface area contributed by atoms with Crippen LogP contribution >= 0.6 is 0 Å². The zero-order chi connectivity index (χ0) is 17.6. The lowest BCUT2D eigenvalue weighted by molar-refractivity contribution is -0.00979. The number of ether oxygens (including phenoxy) is 3. The van der Waals surface area contributed by atoms with Crippen molar-refractivity contribution in [3.05, 3.63) is 48.0 Å². The third-order valence-electron chi connectivity index (χ3n) is 3.50. The number of nitrogens with zero attached hydrogens (tertiary/aromatic N) is 1. The number of hydrogen-bond donors (Lipinski definition) is 0. The molecule has 1 saturated heterocycles. The van der Waals surface area contributed by atoms with Crippen LogP contribution in [0.15, 0.2) is 42.5 Å². The van der Waals surface area contributed by atoms with Crippen molar-refractivity contribution in [3.63, 3.8) is 0 Å². The lowest BCUT2D eigenvalue weighted by Crippen LogP contribution is -2.47. The predicted molar refractivity (Wildman–Crippen MR) is 92.8 cm³/mol. The zero-order valence-corrected chi connectivity index (χ0v) is 14.8. The molecular formula is C19H27NO4. The van der Waals surface area contributed by atoms with Crippen LogP contribution in [-0.4, -0.2) is 49.0 Å². The maximum Gasteiger partial charge on any atom is 0.410 e. The van der Waals surface area contributed by atoms with Gasteiger partial charge >= 0.3 is 6.09 Å². The maximum atomic E-state index is 12.5. The monoisotopic (exact) mass is 333 g/mol. The van der Waals surface area contributed by atoms with Crippen LogP contribution in [0.5, 0.6) is 0 Å². The van der Waals surface area contributed by atoms with Crippen LogP contribution in [-0.2, 0) is 20.8 Å². The number of benzene rings is 1. The van der Waals surface area contributed by atoms with E-state index in [4.69, 9.17) is 14.2 Å². The van der Waals surface area contributed by atoms with Crippen LogP contribution in [0.25, 0.3) is 0 Å². The predicted octanol–water partition coefficient (Wildman–Crippen LogP) is 3.40. The SMILES string of the molecule is C=C1COCC(COCc2ccccc2)N(C(=O)OC(C)(C)C)C1. The highest BCUT2D eigenvalue weighted by molar-refractivity contribution is 5.69. The van der Waals surface area contributed by atoms with Crippen molar-refractivity contribution in [2.24, 2.45) is 0 Å². The quantitative estimate of drug-likeness (QED) is 0.793.